The van der Waals surface area contributed by atoms with E-state index in [2.05, 4.69) is 24.8 Å². The number of aryl methyl sites for hydroxylation is 1. The molecule has 16 heteroatoms. The van der Waals surface area contributed by atoms with Crippen LogP contribution in [-0.2, 0) is 19.9 Å². The summed E-state index contributed by atoms with van der Waals surface area (Å²) in [6.07, 6.45) is -8.10. The Labute approximate surface area is 198 Å². The molecule has 3 aromatic rings. The Balaban J connectivity index is 2.29. The number of alkyl halides is 6. The van der Waals surface area contributed by atoms with Crippen molar-refractivity contribution in [3.63, 3.8) is 0 Å². The number of halogens is 6. The minimum absolute atomic E-state index is 0.0373. The minimum Gasteiger partial charge on any atom is -0.427 e. The molecule has 0 aliphatic carbocycles. The smallest absolute Gasteiger partial charge is 0.427 e. The molecule has 2 aromatic heterocycles. The summed E-state index contributed by atoms with van der Waals surface area (Å²) in [5, 5.41) is 3.85. The molecule has 0 fully saturated rings. The van der Waals surface area contributed by atoms with Gasteiger partial charge in [0.15, 0.2) is 11.6 Å². The zero-order valence-electron chi connectivity index (χ0n) is 18.7. The predicted octanol–water partition coefficient (Wildman–Crippen LogP) is 2.57. The van der Waals surface area contributed by atoms with Crippen LogP contribution in [0.1, 0.15) is 11.1 Å². The summed E-state index contributed by atoms with van der Waals surface area (Å²) < 4.78 is 87.2. The van der Waals surface area contributed by atoms with Crippen LogP contribution in [0, 0.1) is 6.92 Å². The van der Waals surface area contributed by atoms with Gasteiger partial charge in [-0.1, -0.05) is 12.1 Å². The molecule has 1 aromatic carbocycles. The van der Waals surface area contributed by atoms with Gasteiger partial charge < -0.3 is 15.4 Å². The summed E-state index contributed by atoms with van der Waals surface area (Å²) in [5.74, 6) is -5.30. The minimum atomic E-state index is -5.81. The van der Waals surface area contributed by atoms with E-state index >= 15 is 0 Å². The average Bonchev–Trinajstić information content (AvgIpc) is 3.31. The number of hydrogen-bond donors (Lipinski definition) is 1. The number of benzene rings is 1. The normalized spacial score (nSPS) is 13.7. The van der Waals surface area contributed by atoms with Gasteiger partial charge in [0.2, 0.25) is 0 Å². The van der Waals surface area contributed by atoms with Crippen LogP contribution in [0.4, 0.5) is 32.2 Å². The highest BCUT2D eigenvalue weighted by atomic mass is 19.4. The first-order chi connectivity index (χ1) is 16.6. The molecule has 192 valence electrons. The van der Waals surface area contributed by atoms with Crippen LogP contribution >= 0.6 is 0 Å². The van der Waals surface area contributed by atoms with Crippen molar-refractivity contribution in [2.24, 2.45) is 0 Å². The number of likely N-dealkylation sites (N-methyl/N-ethyl adjacent to an activating group) is 1. The number of anilines is 1. The number of ether oxygens (including phenoxy) is 1. The second-order valence-electron chi connectivity index (χ2n) is 7.60. The molecule has 0 saturated carbocycles. The van der Waals surface area contributed by atoms with Crippen LogP contribution in [0.5, 0.6) is 0 Å². The van der Waals surface area contributed by atoms with Gasteiger partial charge in [0.05, 0.1) is 11.9 Å². The summed E-state index contributed by atoms with van der Waals surface area (Å²) in [6, 6.07) is 2.59. The Bertz CT molecular complexity index is 1290. The number of esters is 1. The van der Waals surface area contributed by atoms with Crippen LogP contribution in [0.15, 0.2) is 37.1 Å². The van der Waals surface area contributed by atoms with Crippen LogP contribution < -0.4 is 5.73 Å². The molecular formula is C20H17F6N7O3. The van der Waals surface area contributed by atoms with Gasteiger partial charge in [-0.15, -0.1) is 0 Å². The van der Waals surface area contributed by atoms with Gasteiger partial charge in [-0.2, -0.15) is 36.1 Å². The fraction of sp³-hybridized carbons (Fsp3) is 0.300. The first-order valence-electron chi connectivity index (χ1n) is 9.77. The molecule has 2 heterocycles. The standard InChI is InChI=1S/C20H17F6N7O3/c1-10-4-5-11(6-12(10)13-7-29-14(27)15(31-13)33-9-28-8-30-33)18(20(24,25)26,16(34)32(2)3)36-17(35)19(21,22)23/h4-9H,1-3H3,(H2,27,29)/t18-/m0/s1. The van der Waals surface area contributed by atoms with Crippen molar-refractivity contribution in [3.8, 4) is 17.1 Å². The number of hydrogen-bond acceptors (Lipinski definition) is 8. The van der Waals surface area contributed by atoms with Crippen molar-refractivity contribution in [3.05, 3.63) is 48.2 Å². The maximum absolute atomic E-state index is 14.4. The molecule has 0 spiro atoms. The lowest BCUT2D eigenvalue weighted by Gasteiger charge is -2.36. The van der Waals surface area contributed by atoms with E-state index in [4.69, 9.17) is 5.73 Å². The number of rotatable bonds is 5. The Morgan fingerprint density at radius 3 is 2.31 bits per heavy atom. The summed E-state index contributed by atoms with van der Waals surface area (Å²) in [4.78, 5) is 36.6. The number of amides is 1. The van der Waals surface area contributed by atoms with Crippen LogP contribution in [0.25, 0.3) is 17.1 Å². The molecule has 10 nitrogen and oxygen atoms in total. The van der Waals surface area contributed by atoms with E-state index < -0.39 is 35.4 Å². The van der Waals surface area contributed by atoms with E-state index in [9.17, 15) is 35.9 Å². The molecule has 3 rings (SSSR count). The lowest BCUT2D eigenvalue weighted by molar-refractivity contribution is -0.283. The number of nitrogens with two attached hydrogens (primary N) is 1. The molecule has 0 radical (unpaired) electrons. The number of carbonyl (C=O) groups excluding carboxylic acids is 2. The third kappa shape index (κ3) is 4.65. The number of carbonyl (C=O) groups is 2. The van der Waals surface area contributed by atoms with Gasteiger partial charge in [0.1, 0.15) is 12.7 Å². The van der Waals surface area contributed by atoms with Gasteiger partial charge >= 0.3 is 23.9 Å². The van der Waals surface area contributed by atoms with Crippen molar-refractivity contribution in [2.75, 3.05) is 19.8 Å². The number of nitrogens with zero attached hydrogens (tertiary/aromatic N) is 6. The highest BCUT2D eigenvalue weighted by Crippen LogP contribution is 2.46. The zero-order chi connectivity index (χ0) is 27.1. The average molecular weight is 517 g/mol. The highest BCUT2D eigenvalue weighted by molar-refractivity contribution is 5.91. The topological polar surface area (TPSA) is 129 Å². The molecule has 0 aliphatic rings. The van der Waals surface area contributed by atoms with Crippen LogP contribution in [-0.4, -0.2) is 68.0 Å². The summed E-state index contributed by atoms with van der Waals surface area (Å²) in [5.41, 5.74) is 0.562. The van der Waals surface area contributed by atoms with Crippen LogP contribution in [0.2, 0.25) is 0 Å². The molecule has 1 amide bonds. The van der Waals surface area contributed by atoms with Crippen LogP contribution in [0.3, 0.4) is 0 Å². The van der Waals surface area contributed by atoms with E-state index in [1.807, 2.05) is 0 Å². The highest BCUT2D eigenvalue weighted by Gasteiger charge is 2.67. The third-order valence-corrected chi connectivity index (χ3v) is 4.92. The molecule has 0 saturated heterocycles. The zero-order valence-corrected chi connectivity index (χ0v) is 18.7. The Morgan fingerprint density at radius 1 is 1.11 bits per heavy atom. The Morgan fingerprint density at radius 2 is 1.78 bits per heavy atom. The molecule has 0 unspecified atom stereocenters. The lowest BCUT2D eigenvalue weighted by atomic mass is 9.88. The molecule has 2 N–H and O–H groups in total. The quantitative estimate of drug-likeness (QED) is 0.404. The number of aromatic nitrogens is 5. The molecule has 0 bridgehead atoms. The van der Waals surface area contributed by atoms with Gasteiger partial charge in [0.25, 0.3) is 5.91 Å². The van der Waals surface area contributed by atoms with Crippen molar-refractivity contribution >= 4 is 17.7 Å². The molecule has 1 atom stereocenters. The van der Waals surface area contributed by atoms with Crippen molar-refractivity contribution in [1.29, 1.82) is 0 Å². The fourth-order valence-electron chi connectivity index (χ4n) is 3.20. The van der Waals surface area contributed by atoms with E-state index in [1.54, 1.807) is 0 Å². The van der Waals surface area contributed by atoms with Crippen molar-refractivity contribution in [2.45, 2.75) is 24.9 Å². The SMILES string of the molecule is Cc1ccc([C@](OC(=O)C(F)(F)F)(C(=O)N(C)C)C(F)(F)F)cc1-c1cnc(N)c(-n2cncn2)n1. The van der Waals surface area contributed by atoms with Gasteiger partial charge in [-0.3, -0.25) is 4.79 Å². The largest absolute Gasteiger partial charge is 0.490 e. The maximum Gasteiger partial charge on any atom is 0.490 e. The van der Waals surface area contributed by atoms with Gasteiger partial charge in [0, 0.05) is 25.2 Å². The Hall–Kier alpha value is -4.24. The first kappa shape index (κ1) is 26.4. The van der Waals surface area contributed by atoms with Gasteiger partial charge in [-0.25, -0.2) is 19.7 Å². The molecule has 36 heavy (non-hydrogen) atoms. The summed E-state index contributed by atoms with van der Waals surface area (Å²) >= 11 is 0. The number of nitrogen functional groups attached to an aromatic ring is 1. The monoisotopic (exact) mass is 517 g/mol. The van der Waals surface area contributed by atoms with Crippen molar-refractivity contribution < 1.29 is 40.7 Å². The molecule has 0 aliphatic heterocycles. The second-order valence-corrected chi connectivity index (χ2v) is 7.60. The second kappa shape index (κ2) is 9.09. The van der Waals surface area contributed by atoms with E-state index in [1.165, 1.54) is 19.6 Å². The van der Waals surface area contributed by atoms with Gasteiger partial charge in [-0.05, 0) is 18.6 Å². The molecular weight excluding hydrogens is 500 g/mol. The fourth-order valence-corrected chi connectivity index (χ4v) is 3.20. The van der Waals surface area contributed by atoms with Crippen molar-refractivity contribution in [1.82, 2.24) is 29.6 Å². The summed E-state index contributed by atoms with van der Waals surface area (Å²) in [6.45, 7) is 1.47. The first-order valence-corrected chi connectivity index (χ1v) is 9.77. The van der Waals surface area contributed by atoms with E-state index in [-0.39, 0.29) is 22.9 Å². The van der Waals surface area contributed by atoms with E-state index in [0.29, 0.717) is 10.5 Å². The summed E-state index contributed by atoms with van der Waals surface area (Å²) in [7, 11) is 1.74. The predicted molar refractivity (Wildman–Crippen MR) is 110 cm³/mol. The van der Waals surface area contributed by atoms with E-state index in [0.717, 1.165) is 43.2 Å². The maximum atomic E-state index is 14.4. The lowest BCUT2D eigenvalue weighted by Crippen LogP contribution is -2.57. The Kier molecular flexibility index (Phi) is 6.65. The third-order valence-electron chi connectivity index (χ3n) is 4.92.